The third kappa shape index (κ3) is 8.47. The third-order valence-corrected chi connectivity index (χ3v) is 11.8. The van der Waals surface area contributed by atoms with E-state index in [4.69, 9.17) is 9.47 Å². The van der Waals surface area contributed by atoms with Crippen LogP contribution >= 0.6 is 22.7 Å². The van der Waals surface area contributed by atoms with Gasteiger partial charge in [0.1, 0.15) is 23.7 Å². The number of nitrogens with zero attached hydrogens (tertiary/aromatic N) is 4. The monoisotopic (exact) mass is 774 g/mol. The van der Waals surface area contributed by atoms with E-state index in [-0.39, 0.29) is 35.7 Å². The number of carbonyl (C=O) groups excluding carboxylic acids is 4. The van der Waals surface area contributed by atoms with Gasteiger partial charge >= 0.3 is 12.2 Å². The van der Waals surface area contributed by atoms with Crippen LogP contribution in [0.1, 0.15) is 86.7 Å². The number of nitrogens with one attached hydrogen (secondary N) is 4. The van der Waals surface area contributed by atoms with Crippen LogP contribution in [-0.2, 0) is 19.1 Å². The second kappa shape index (κ2) is 16.9. The first kappa shape index (κ1) is 38.6. The number of methoxy groups -OCH3 is 2. The Morgan fingerprint density at radius 2 is 1.30 bits per heavy atom. The van der Waals surface area contributed by atoms with Crippen LogP contribution in [-0.4, -0.2) is 93.1 Å². The Labute approximate surface area is 322 Å². The number of imidazole rings is 2. The van der Waals surface area contributed by atoms with E-state index in [0.29, 0.717) is 24.7 Å². The van der Waals surface area contributed by atoms with Crippen LogP contribution in [0.15, 0.2) is 36.7 Å². The number of thiophene rings is 2. The fourth-order valence-corrected chi connectivity index (χ4v) is 8.53. The molecule has 54 heavy (non-hydrogen) atoms. The van der Waals surface area contributed by atoms with Gasteiger partial charge in [-0.3, -0.25) is 9.59 Å². The van der Waals surface area contributed by atoms with E-state index in [1.807, 2.05) is 56.9 Å². The van der Waals surface area contributed by atoms with Gasteiger partial charge < -0.3 is 39.9 Å². The lowest BCUT2D eigenvalue weighted by atomic mass is 10.0. The Kier molecular flexibility index (Phi) is 12.1. The van der Waals surface area contributed by atoms with E-state index in [0.717, 1.165) is 56.6 Å². The molecule has 2 fully saturated rings. The molecule has 0 radical (unpaired) electrons. The van der Waals surface area contributed by atoms with Crippen molar-refractivity contribution in [3.05, 3.63) is 57.9 Å². The Balaban J connectivity index is 1.10. The second-order valence-electron chi connectivity index (χ2n) is 14.0. The number of carbonyl (C=O) groups is 4. The summed E-state index contributed by atoms with van der Waals surface area (Å²) in [7, 11) is 2.57. The molecule has 2 aliphatic rings. The standard InChI is InChI=1S/C38H46N8O6S2/c1-21(2)31(43-37(49)51-5)35(47)45-17-7-9-27(45)25-19-40-34(41-25)30-16-14-24(54-30)12-11-23-13-15-29(53-23)26-20-39-33(42-26)28-10-8-18-46(28)36(48)32(22(3)4)44-38(50)52-6/h13-16,19-22,27-28,31-32H,7-10,17-18H2,1-6H3,(H,39,42)(H,40,41)(H,43,49)(H,44,50)/t27-,28-,31+,32+/m0/s1. The van der Waals surface area contributed by atoms with Gasteiger partial charge in [0, 0.05) is 13.1 Å². The summed E-state index contributed by atoms with van der Waals surface area (Å²) in [6.07, 6.45) is 5.60. The summed E-state index contributed by atoms with van der Waals surface area (Å²) in [5.41, 5.74) is 1.71. The zero-order chi connectivity index (χ0) is 38.5. The molecule has 2 saturated heterocycles. The molecule has 286 valence electrons. The molecule has 4 aromatic heterocycles. The molecule has 6 rings (SSSR count). The van der Waals surface area contributed by atoms with Gasteiger partial charge in [0.15, 0.2) is 0 Å². The molecule has 4 N–H and O–H groups in total. The zero-order valence-corrected chi connectivity index (χ0v) is 32.9. The number of hydrogen-bond acceptors (Lipinski definition) is 10. The summed E-state index contributed by atoms with van der Waals surface area (Å²) >= 11 is 3.09. The lowest BCUT2D eigenvalue weighted by molar-refractivity contribution is -0.136. The van der Waals surface area contributed by atoms with Crippen molar-refractivity contribution in [3.8, 4) is 33.1 Å². The van der Waals surface area contributed by atoms with E-state index in [1.54, 1.807) is 28.6 Å². The van der Waals surface area contributed by atoms with Gasteiger partial charge in [0.2, 0.25) is 11.8 Å². The molecule has 0 spiro atoms. The Bertz CT molecular complexity index is 1900. The van der Waals surface area contributed by atoms with Gasteiger partial charge in [-0.1, -0.05) is 27.7 Å². The Morgan fingerprint density at radius 3 is 1.87 bits per heavy atom. The second-order valence-corrected chi connectivity index (χ2v) is 16.2. The first-order valence-corrected chi connectivity index (χ1v) is 19.7. The summed E-state index contributed by atoms with van der Waals surface area (Å²) < 4.78 is 9.49. The van der Waals surface area contributed by atoms with E-state index < -0.39 is 24.3 Å². The molecule has 14 nitrogen and oxygen atoms in total. The molecule has 0 bridgehead atoms. The van der Waals surface area contributed by atoms with Crippen LogP contribution in [0, 0.1) is 23.7 Å². The number of likely N-dealkylation sites (tertiary alicyclic amines) is 2. The SMILES string of the molecule is COC(=O)N[C@@H](C(=O)N1CCC[C@H]1c1cnc(-c2ccc(C#Cc3ccc(-c4cnc([C@@H]5CCCN5C(=O)[C@H](NC(=O)OC)C(C)C)[nH]4)s3)s2)[nH]1)C(C)C. The normalized spacial score (nSPS) is 18.0. The van der Waals surface area contributed by atoms with Crippen LogP contribution in [0.2, 0.25) is 0 Å². The molecule has 0 saturated carbocycles. The van der Waals surface area contributed by atoms with Crippen molar-refractivity contribution >= 4 is 46.7 Å². The van der Waals surface area contributed by atoms with Gasteiger partial charge in [-0.2, -0.15) is 0 Å². The minimum Gasteiger partial charge on any atom is -0.453 e. The summed E-state index contributed by atoms with van der Waals surface area (Å²) in [5.74, 6) is 7.50. The van der Waals surface area contributed by atoms with Crippen molar-refractivity contribution in [1.29, 1.82) is 0 Å². The summed E-state index contributed by atoms with van der Waals surface area (Å²) in [6.45, 7) is 8.78. The zero-order valence-electron chi connectivity index (χ0n) is 31.2. The summed E-state index contributed by atoms with van der Waals surface area (Å²) in [4.78, 5) is 74.3. The van der Waals surface area contributed by atoms with E-state index in [2.05, 4.69) is 42.4 Å². The van der Waals surface area contributed by atoms with Gasteiger partial charge in [0.25, 0.3) is 0 Å². The number of H-pyrrole nitrogens is 2. The van der Waals surface area contributed by atoms with Crippen molar-refractivity contribution in [1.82, 2.24) is 40.4 Å². The molecule has 0 aliphatic carbocycles. The Morgan fingerprint density at radius 1 is 0.759 bits per heavy atom. The molecule has 2 aliphatic heterocycles. The first-order valence-electron chi connectivity index (χ1n) is 18.1. The lowest BCUT2D eigenvalue weighted by Gasteiger charge is -2.30. The number of aromatic nitrogens is 4. The molecule has 0 unspecified atom stereocenters. The van der Waals surface area contributed by atoms with Crippen molar-refractivity contribution < 1.29 is 28.7 Å². The van der Waals surface area contributed by atoms with Gasteiger partial charge in [-0.15, -0.1) is 22.7 Å². The molecular weight excluding hydrogens is 729 g/mol. The van der Waals surface area contributed by atoms with Gasteiger partial charge in [-0.05, 0) is 73.6 Å². The van der Waals surface area contributed by atoms with Crippen LogP contribution in [0.5, 0.6) is 0 Å². The van der Waals surface area contributed by atoms with Crippen LogP contribution in [0.25, 0.3) is 21.3 Å². The number of aromatic amines is 2. The van der Waals surface area contributed by atoms with Crippen LogP contribution in [0.3, 0.4) is 0 Å². The minimum atomic E-state index is -0.691. The third-order valence-electron chi connectivity index (χ3n) is 9.74. The average molecular weight is 775 g/mol. The summed E-state index contributed by atoms with van der Waals surface area (Å²) in [5, 5.41) is 5.38. The maximum absolute atomic E-state index is 13.5. The molecule has 0 aromatic carbocycles. The molecule has 4 amide bonds. The van der Waals surface area contributed by atoms with E-state index >= 15 is 0 Å². The van der Waals surface area contributed by atoms with Crippen LogP contribution in [0.4, 0.5) is 9.59 Å². The minimum absolute atomic E-state index is 0.102. The van der Waals surface area contributed by atoms with Gasteiger partial charge in [-0.25, -0.2) is 19.6 Å². The predicted molar refractivity (Wildman–Crippen MR) is 205 cm³/mol. The summed E-state index contributed by atoms with van der Waals surface area (Å²) in [6, 6.07) is 6.21. The highest BCUT2D eigenvalue weighted by Crippen LogP contribution is 2.36. The number of rotatable bonds is 10. The number of alkyl carbamates (subject to hydrolysis) is 2. The highest BCUT2D eigenvalue weighted by Gasteiger charge is 2.38. The Hall–Kier alpha value is -5.14. The van der Waals surface area contributed by atoms with Crippen molar-refractivity contribution in [2.45, 2.75) is 77.5 Å². The molecule has 4 aromatic rings. The van der Waals surface area contributed by atoms with Crippen LogP contribution < -0.4 is 10.6 Å². The molecule has 4 atom stereocenters. The topological polar surface area (TPSA) is 175 Å². The maximum Gasteiger partial charge on any atom is 0.407 e. The quantitative estimate of drug-likeness (QED) is 0.140. The van der Waals surface area contributed by atoms with E-state index in [9.17, 15) is 19.2 Å². The molecular formula is C38H46N8O6S2. The van der Waals surface area contributed by atoms with Crippen molar-refractivity contribution in [3.63, 3.8) is 0 Å². The lowest BCUT2D eigenvalue weighted by Crippen LogP contribution is -2.51. The van der Waals surface area contributed by atoms with Crippen molar-refractivity contribution in [2.24, 2.45) is 11.8 Å². The highest BCUT2D eigenvalue weighted by molar-refractivity contribution is 7.16. The number of amides is 4. The number of hydrogen-bond donors (Lipinski definition) is 4. The average Bonchev–Trinajstić information content (AvgIpc) is 4.01. The predicted octanol–water partition coefficient (Wildman–Crippen LogP) is 6.08. The first-order chi connectivity index (χ1) is 26.0. The fraction of sp³-hybridized carbons (Fsp3) is 0.474. The van der Waals surface area contributed by atoms with E-state index in [1.165, 1.54) is 25.6 Å². The van der Waals surface area contributed by atoms with Gasteiger partial charge in [0.05, 0.1) is 69.6 Å². The largest absolute Gasteiger partial charge is 0.453 e. The molecule has 16 heteroatoms. The number of ether oxygens (including phenoxy) is 2. The van der Waals surface area contributed by atoms with Crippen molar-refractivity contribution in [2.75, 3.05) is 27.3 Å². The fourth-order valence-electron chi connectivity index (χ4n) is 6.89. The maximum atomic E-state index is 13.5. The highest BCUT2D eigenvalue weighted by atomic mass is 32.1. The molecule has 6 heterocycles. The smallest absolute Gasteiger partial charge is 0.407 e.